The van der Waals surface area contributed by atoms with E-state index in [2.05, 4.69) is 20.5 Å². The van der Waals surface area contributed by atoms with E-state index < -0.39 is 0 Å². The highest BCUT2D eigenvalue weighted by Gasteiger charge is 2.12. The van der Waals surface area contributed by atoms with Crippen LogP contribution in [0.2, 0.25) is 0 Å². The number of amides is 1. The van der Waals surface area contributed by atoms with Gasteiger partial charge in [0.25, 0.3) is 5.91 Å². The molecule has 2 N–H and O–H groups in total. The Balaban J connectivity index is 1.57. The number of hydrogen-bond acceptors (Lipinski definition) is 5. The second-order valence-electron chi connectivity index (χ2n) is 6.51. The van der Waals surface area contributed by atoms with E-state index in [4.69, 9.17) is 4.74 Å². The fourth-order valence-corrected chi connectivity index (χ4v) is 2.92. The molecule has 1 amide bonds. The molecular formula is C20H26N4O2. The van der Waals surface area contributed by atoms with Crippen LogP contribution >= 0.6 is 0 Å². The molecule has 2 aromatic rings. The number of rotatable bonds is 6. The van der Waals surface area contributed by atoms with Crippen LogP contribution in [0.25, 0.3) is 0 Å². The summed E-state index contributed by atoms with van der Waals surface area (Å²) in [4.78, 5) is 19.1. The average Bonchev–Trinajstić information content (AvgIpc) is 2.66. The Morgan fingerprint density at radius 1 is 1.23 bits per heavy atom. The number of aryl methyl sites for hydroxylation is 1. The van der Waals surface area contributed by atoms with Crippen LogP contribution in [0.3, 0.4) is 0 Å². The van der Waals surface area contributed by atoms with Crippen molar-refractivity contribution in [3.8, 4) is 0 Å². The largest absolute Gasteiger partial charge is 0.384 e. The first-order valence-corrected chi connectivity index (χ1v) is 9.01. The molecule has 6 nitrogen and oxygen atoms in total. The Morgan fingerprint density at radius 2 is 2.04 bits per heavy atom. The molecule has 1 aromatic carbocycles. The number of carbonyl (C=O) groups is 1. The monoisotopic (exact) mass is 354 g/mol. The maximum Gasteiger partial charge on any atom is 0.274 e. The number of pyridine rings is 1. The van der Waals surface area contributed by atoms with E-state index in [1.807, 2.05) is 38.1 Å². The van der Waals surface area contributed by atoms with Crippen LogP contribution in [-0.4, -0.2) is 55.2 Å². The zero-order valence-electron chi connectivity index (χ0n) is 15.4. The van der Waals surface area contributed by atoms with Gasteiger partial charge in [-0.2, -0.15) is 0 Å². The van der Waals surface area contributed by atoms with Crippen molar-refractivity contribution >= 4 is 17.3 Å². The minimum atomic E-state index is -0.199. The van der Waals surface area contributed by atoms with Crippen LogP contribution in [0.15, 0.2) is 36.5 Å². The summed E-state index contributed by atoms with van der Waals surface area (Å²) in [6, 6.07) is 9.55. The van der Waals surface area contributed by atoms with Crippen molar-refractivity contribution in [1.82, 2.24) is 9.88 Å². The molecule has 0 radical (unpaired) electrons. The van der Waals surface area contributed by atoms with E-state index in [0.717, 1.165) is 61.9 Å². The maximum absolute atomic E-state index is 12.5. The Hall–Kier alpha value is -2.44. The summed E-state index contributed by atoms with van der Waals surface area (Å²) in [6.07, 6.45) is 1.66. The number of ether oxygens (including phenoxy) is 1. The van der Waals surface area contributed by atoms with E-state index in [-0.39, 0.29) is 5.91 Å². The van der Waals surface area contributed by atoms with E-state index in [0.29, 0.717) is 5.69 Å². The highest BCUT2D eigenvalue weighted by Crippen LogP contribution is 2.19. The van der Waals surface area contributed by atoms with Crippen LogP contribution in [0.1, 0.15) is 21.6 Å². The molecule has 3 rings (SSSR count). The van der Waals surface area contributed by atoms with Crippen LogP contribution in [0, 0.1) is 13.8 Å². The number of nitrogens with zero attached hydrogens (tertiary/aromatic N) is 2. The van der Waals surface area contributed by atoms with Gasteiger partial charge in [-0.15, -0.1) is 0 Å². The van der Waals surface area contributed by atoms with Crippen LogP contribution in [0.5, 0.6) is 0 Å². The molecule has 138 valence electrons. The summed E-state index contributed by atoms with van der Waals surface area (Å²) in [5, 5.41) is 6.32. The third kappa shape index (κ3) is 4.80. The Morgan fingerprint density at radius 3 is 2.85 bits per heavy atom. The summed E-state index contributed by atoms with van der Waals surface area (Å²) in [6.45, 7) is 9.36. The molecule has 6 heteroatoms. The van der Waals surface area contributed by atoms with Crippen molar-refractivity contribution in [3.63, 3.8) is 0 Å². The van der Waals surface area contributed by atoms with Crippen molar-refractivity contribution in [3.05, 3.63) is 53.3 Å². The molecule has 1 aliphatic heterocycles. The number of benzene rings is 1. The van der Waals surface area contributed by atoms with Crippen molar-refractivity contribution in [2.45, 2.75) is 13.8 Å². The third-order valence-corrected chi connectivity index (χ3v) is 4.71. The Kier molecular flexibility index (Phi) is 6.20. The van der Waals surface area contributed by atoms with Gasteiger partial charge in [-0.1, -0.05) is 12.1 Å². The van der Waals surface area contributed by atoms with Crippen molar-refractivity contribution in [1.29, 1.82) is 0 Å². The van der Waals surface area contributed by atoms with E-state index >= 15 is 0 Å². The minimum Gasteiger partial charge on any atom is -0.384 e. The lowest BCUT2D eigenvalue weighted by Gasteiger charge is -2.26. The average molecular weight is 354 g/mol. The summed E-state index contributed by atoms with van der Waals surface area (Å²) in [5.74, 6) is -0.199. The van der Waals surface area contributed by atoms with Crippen LogP contribution < -0.4 is 10.6 Å². The summed E-state index contributed by atoms with van der Waals surface area (Å²) >= 11 is 0. The summed E-state index contributed by atoms with van der Waals surface area (Å²) < 4.78 is 5.36. The molecule has 0 atom stereocenters. The molecule has 0 unspecified atom stereocenters. The normalized spacial score (nSPS) is 14.8. The molecule has 0 spiro atoms. The molecule has 1 fully saturated rings. The molecule has 2 heterocycles. The lowest BCUT2D eigenvalue weighted by atomic mass is 10.1. The van der Waals surface area contributed by atoms with E-state index in [1.54, 1.807) is 12.3 Å². The quantitative estimate of drug-likeness (QED) is 0.835. The third-order valence-electron chi connectivity index (χ3n) is 4.71. The number of morpholine rings is 1. The Bertz CT molecular complexity index is 757. The first-order chi connectivity index (χ1) is 12.6. The first kappa shape index (κ1) is 18.4. The zero-order valence-corrected chi connectivity index (χ0v) is 15.4. The van der Waals surface area contributed by atoms with Gasteiger partial charge >= 0.3 is 0 Å². The lowest BCUT2D eigenvalue weighted by molar-refractivity contribution is 0.0398. The summed E-state index contributed by atoms with van der Waals surface area (Å²) in [7, 11) is 0. The molecule has 26 heavy (non-hydrogen) atoms. The van der Waals surface area contributed by atoms with Crippen LogP contribution in [-0.2, 0) is 4.74 Å². The van der Waals surface area contributed by atoms with Crippen LogP contribution in [0.4, 0.5) is 11.4 Å². The number of anilines is 2. The highest BCUT2D eigenvalue weighted by molar-refractivity contribution is 6.03. The van der Waals surface area contributed by atoms with Gasteiger partial charge in [0.15, 0.2) is 0 Å². The van der Waals surface area contributed by atoms with Gasteiger partial charge in [0.05, 0.1) is 13.2 Å². The maximum atomic E-state index is 12.5. The van der Waals surface area contributed by atoms with Crippen molar-refractivity contribution in [2.24, 2.45) is 0 Å². The highest BCUT2D eigenvalue weighted by atomic mass is 16.5. The SMILES string of the molecule is Cc1cccc(NC(=O)c2cc(NCCN3CCOCC3)ccn2)c1C. The molecule has 0 bridgehead atoms. The molecule has 1 aliphatic rings. The van der Waals surface area contributed by atoms with Gasteiger partial charge < -0.3 is 15.4 Å². The Labute approximate surface area is 154 Å². The van der Waals surface area contributed by atoms with E-state index in [9.17, 15) is 4.79 Å². The second kappa shape index (κ2) is 8.78. The predicted octanol–water partition coefficient (Wildman–Crippen LogP) is 2.69. The smallest absolute Gasteiger partial charge is 0.274 e. The molecular weight excluding hydrogens is 328 g/mol. The lowest BCUT2D eigenvalue weighted by Crippen LogP contribution is -2.39. The predicted molar refractivity (Wildman–Crippen MR) is 104 cm³/mol. The molecule has 1 saturated heterocycles. The number of carbonyl (C=O) groups excluding carboxylic acids is 1. The number of nitrogens with one attached hydrogen (secondary N) is 2. The second-order valence-corrected chi connectivity index (χ2v) is 6.51. The first-order valence-electron chi connectivity index (χ1n) is 9.01. The van der Waals surface area contributed by atoms with Gasteiger partial charge in [-0.3, -0.25) is 14.7 Å². The van der Waals surface area contributed by atoms with Gasteiger partial charge in [0, 0.05) is 43.8 Å². The topological polar surface area (TPSA) is 66.5 Å². The van der Waals surface area contributed by atoms with Crippen molar-refractivity contribution < 1.29 is 9.53 Å². The number of aromatic nitrogens is 1. The molecule has 0 saturated carbocycles. The molecule has 0 aliphatic carbocycles. The van der Waals surface area contributed by atoms with Gasteiger partial charge in [-0.25, -0.2) is 0 Å². The van der Waals surface area contributed by atoms with E-state index in [1.165, 1.54) is 0 Å². The van der Waals surface area contributed by atoms with Crippen molar-refractivity contribution in [2.75, 3.05) is 50.0 Å². The van der Waals surface area contributed by atoms with Gasteiger partial charge in [0.2, 0.25) is 0 Å². The fraction of sp³-hybridized carbons (Fsp3) is 0.400. The zero-order chi connectivity index (χ0) is 18.4. The summed E-state index contributed by atoms with van der Waals surface area (Å²) in [5.41, 5.74) is 4.35. The van der Waals surface area contributed by atoms with Gasteiger partial charge in [0.1, 0.15) is 5.69 Å². The van der Waals surface area contributed by atoms with Gasteiger partial charge in [-0.05, 0) is 43.2 Å². The molecule has 1 aromatic heterocycles. The fourth-order valence-electron chi connectivity index (χ4n) is 2.92. The minimum absolute atomic E-state index is 0.199. The number of hydrogen-bond donors (Lipinski definition) is 2. The standard InChI is InChI=1S/C20H26N4O2/c1-15-4-3-5-18(16(15)2)23-20(25)19-14-17(6-7-22-19)21-8-9-24-10-12-26-13-11-24/h3-7,14H,8-13H2,1-2H3,(H,21,22)(H,23,25).